The van der Waals surface area contributed by atoms with Crippen LogP contribution in [0.5, 0.6) is 0 Å². The van der Waals surface area contributed by atoms with E-state index in [2.05, 4.69) is 38.1 Å². The molecule has 0 unspecified atom stereocenters. The minimum Gasteiger partial charge on any atom is -0.309 e. The van der Waals surface area contributed by atoms with Crippen molar-refractivity contribution in [3.8, 4) is 0 Å². The Morgan fingerprint density at radius 1 is 1.12 bits per heavy atom. The average molecular weight is 233 g/mol. The topological polar surface area (TPSA) is 20.3 Å². The number of Topliss-reactive ketones (excluding diaryl/α,β-unsaturated/α-hetero) is 1. The van der Waals surface area contributed by atoms with Gasteiger partial charge in [0.15, 0.2) is 0 Å². The van der Waals surface area contributed by atoms with Crippen LogP contribution >= 0.6 is 0 Å². The van der Waals surface area contributed by atoms with Gasteiger partial charge in [0, 0.05) is 12.8 Å². The van der Waals surface area contributed by atoms with Gasteiger partial charge in [-0.25, -0.2) is 0 Å². The molecule has 0 spiro atoms. The molecule has 0 aliphatic rings. The van der Waals surface area contributed by atoms with Gasteiger partial charge in [0.1, 0.15) is 5.78 Å². The second kappa shape index (κ2) is 7.23. The third-order valence-corrected chi connectivity index (χ3v) is 2.83. The Hall–Kier alpha value is -1.15. The maximum absolute atomic E-state index is 11.7. The van der Waals surface area contributed by atoms with Crippen molar-refractivity contribution < 1.29 is 4.79 Å². The Labute approximate surface area is 105 Å². The van der Waals surface area contributed by atoms with Crippen molar-refractivity contribution in [3.05, 3.63) is 35.4 Å². The van der Waals surface area contributed by atoms with Crippen LogP contribution in [0.2, 0.25) is 0 Å². The highest BCUT2D eigenvalue weighted by atomic mass is 16.1. The van der Waals surface area contributed by atoms with Crippen LogP contribution in [0, 0.1) is 6.92 Å². The molecule has 0 heterocycles. The second-order valence-electron chi connectivity index (χ2n) is 4.96. The number of rotatable bonds is 7. The molecule has 0 aromatic heterocycles. The summed E-state index contributed by atoms with van der Waals surface area (Å²) < 4.78 is 0. The van der Waals surface area contributed by atoms with Crippen molar-refractivity contribution in [1.82, 2.24) is 4.90 Å². The molecule has 94 valence electrons. The van der Waals surface area contributed by atoms with Gasteiger partial charge >= 0.3 is 0 Å². The molecule has 1 rings (SSSR count). The highest BCUT2D eigenvalue weighted by Gasteiger charge is 2.03. The Morgan fingerprint density at radius 3 is 2.35 bits per heavy atom. The summed E-state index contributed by atoms with van der Waals surface area (Å²) in [4.78, 5) is 13.9. The summed E-state index contributed by atoms with van der Waals surface area (Å²) in [6.45, 7) is 3.13. The standard InChI is InChI=1S/C15H23NO/c1-13-7-9-14(10-8-13)12-15(17)6-4-5-11-16(2)3/h7-10H,4-6,11-12H2,1-3H3. The summed E-state index contributed by atoms with van der Waals surface area (Å²) in [6.07, 6.45) is 3.40. The maximum atomic E-state index is 11.7. The molecule has 2 heteroatoms. The summed E-state index contributed by atoms with van der Waals surface area (Å²) in [5.41, 5.74) is 2.38. The summed E-state index contributed by atoms with van der Waals surface area (Å²) >= 11 is 0. The van der Waals surface area contributed by atoms with Crippen molar-refractivity contribution in [2.24, 2.45) is 0 Å². The van der Waals surface area contributed by atoms with Crippen LogP contribution in [0.25, 0.3) is 0 Å². The summed E-state index contributed by atoms with van der Waals surface area (Å²) in [5.74, 6) is 0.354. The monoisotopic (exact) mass is 233 g/mol. The molecule has 0 saturated heterocycles. The number of aryl methyl sites for hydroxylation is 1. The summed E-state index contributed by atoms with van der Waals surface area (Å²) in [5, 5.41) is 0. The highest BCUT2D eigenvalue weighted by molar-refractivity contribution is 5.80. The van der Waals surface area contributed by atoms with Crippen LogP contribution in [0.15, 0.2) is 24.3 Å². The quantitative estimate of drug-likeness (QED) is 0.675. The molecule has 2 nitrogen and oxygen atoms in total. The van der Waals surface area contributed by atoms with E-state index in [-0.39, 0.29) is 0 Å². The lowest BCUT2D eigenvalue weighted by atomic mass is 10.0. The van der Waals surface area contributed by atoms with Gasteiger partial charge in [-0.05, 0) is 46.0 Å². The minimum atomic E-state index is 0.354. The van der Waals surface area contributed by atoms with Gasteiger partial charge in [-0.1, -0.05) is 29.8 Å². The summed E-state index contributed by atoms with van der Waals surface area (Å²) in [7, 11) is 4.13. The molecule has 1 aromatic carbocycles. The number of hydrogen-bond acceptors (Lipinski definition) is 2. The third kappa shape index (κ3) is 6.22. The maximum Gasteiger partial charge on any atom is 0.137 e. The largest absolute Gasteiger partial charge is 0.309 e. The first-order valence-electron chi connectivity index (χ1n) is 6.30. The molecule has 0 amide bonds. The van der Waals surface area contributed by atoms with Crippen molar-refractivity contribution in [2.75, 3.05) is 20.6 Å². The highest BCUT2D eigenvalue weighted by Crippen LogP contribution is 2.07. The molecule has 0 bridgehead atoms. The lowest BCUT2D eigenvalue weighted by molar-refractivity contribution is -0.118. The van der Waals surface area contributed by atoms with E-state index >= 15 is 0 Å². The Balaban J connectivity index is 2.23. The van der Waals surface area contributed by atoms with Gasteiger partial charge in [0.2, 0.25) is 0 Å². The molecule has 0 radical (unpaired) electrons. The van der Waals surface area contributed by atoms with Crippen molar-refractivity contribution in [1.29, 1.82) is 0 Å². The van der Waals surface area contributed by atoms with Crippen molar-refractivity contribution in [3.63, 3.8) is 0 Å². The molecule has 1 aromatic rings. The van der Waals surface area contributed by atoms with E-state index in [9.17, 15) is 4.79 Å². The molecule has 17 heavy (non-hydrogen) atoms. The Kier molecular flexibility index (Phi) is 5.92. The zero-order chi connectivity index (χ0) is 12.7. The summed E-state index contributed by atoms with van der Waals surface area (Å²) in [6, 6.07) is 8.23. The lowest BCUT2D eigenvalue weighted by Crippen LogP contribution is -2.13. The molecule has 0 aliphatic carbocycles. The number of carbonyl (C=O) groups is 1. The molecule has 0 saturated carbocycles. The number of carbonyl (C=O) groups excluding carboxylic acids is 1. The van der Waals surface area contributed by atoms with Crippen LogP contribution in [0.1, 0.15) is 30.4 Å². The van der Waals surface area contributed by atoms with Crippen LogP contribution in [-0.2, 0) is 11.2 Å². The van der Waals surface area contributed by atoms with Gasteiger partial charge < -0.3 is 4.90 Å². The van der Waals surface area contributed by atoms with Crippen LogP contribution < -0.4 is 0 Å². The van der Waals surface area contributed by atoms with E-state index in [1.807, 2.05) is 12.1 Å². The molecule has 0 N–H and O–H groups in total. The molecule has 0 aliphatic heterocycles. The molecule has 0 fully saturated rings. The second-order valence-corrected chi connectivity index (χ2v) is 4.96. The van der Waals surface area contributed by atoms with Crippen molar-refractivity contribution >= 4 is 5.78 Å². The van der Waals surface area contributed by atoms with E-state index in [4.69, 9.17) is 0 Å². The fourth-order valence-corrected chi connectivity index (χ4v) is 1.77. The number of nitrogens with zero attached hydrogens (tertiary/aromatic N) is 1. The number of ketones is 1. The third-order valence-electron chi connectivity index (χ3n) is 2.83. The number of unbranched alkanes of at least 4 members (excludes halogenated alkanes) is 1. The van der Waals surface area contributed by atoms with E-state index in [1.54, 1.807) is 0 Å². The lowest BCUT2D eigenvalue weighted by Gasteiger charge is -2.08. The first-order chi connectivity index (χ1) is 8.08. The normalized spacial score (nSPS) is 10.8. The van der Waals surface area contributed by atoms with Gasteiger partial charge in [-0.3, -0.25) is 4.79 Å². The predicted molar refractivity (Wildman–Crippen MR) is 72.3 cm³/mol. The van der Waals surface area contributed by atoms with Crippen LogP contribution in [0.4, 0.5) is 0 Å². The van der Waals surface area contributed by atoms with Gasteiger partial charge in [-0.15, -0.1) is 0 Å². The minimum absolute atomic E-state index is 0.354. The van der Waals surface area contributed by atoms with E-state index < -0.39 is 0 Å². The number of hydrogen-bond donors (Lipinski definition) is 0. The zero-order valence-corrected chi connectivity index (χ0v) is 11.2. The fraction of sp³-hybridized carbons (Fsp3) is 0.533. The molecular formula is C15H23NO. The van der Waals surface area contributed by atoms with Crippen LogP contribution in [0.3, 0.4) is 0 Å². The molecular weight excluding hydrogens is 210 g/mol. The van der Waals surface area contributed by atoms with E-state index in [0.717, 1.165) is 24.9 Å². The Morgan fingerprint density at radius 2 is 1.76 bits per heavy atom. The first kappa shape index (κ1) is 13.9. The SMILES string of the molecule is Cc1ccc(CC(=O)CCCCN(C)C)cc1. The van der Waals surface area contributed by atoms with Crippen molar-refractivity contribution in [2.45, 2.75) is 32.6 Å². The average Bonchev–Trinajstić information content (AvgIpc) is 2.27. The Bertz CT molecular complexity index is 340. The van der Waals surface area contributed by atoms with E-state index in [0.29, 0.717) is 18.6 Å². The molecule has 0 atom stereocenters. The van der Waals surface area contributed by atoms with Gasteiger partial charge in [-0.2, -0.15) is 0 Å². The van der Waals surface area contributed by atoms with Gasteiger partial charge in [0.25, 0.3) is 0 Å². The van der Waals surface area contributed by atoms with E-state index in [1.165, 1.54) is 5.56 Å². The smallest absolute Gasteiger partial charge is 0.137 e. The first-order valence-corrected chi connectivity index (χ1v) is 6.30. The zero-order valence-electron chi connectivity index (χ0n) is 11.2. The number of benzene rings is 1. The van der Waals surface area contributed by atoms with Crippen LogP contribution in [-0.4, -0.2) is 31.3 Å². The fourth-order valence-electron chi connectivity index (χ4n) is 1.77. The van der Waals surface area contributed by atoms with Gasteiger partial charge in [0.05, 0.1) is 0 Å². The predicted octanol–water partition coefficient (Wildman–Crippen LogP) is 2.84.